The molecule has 0 aliphatic carbocycles. The number of rotatable bonds is 7. The Morgan fingerprint density at radius 1 is 1.17 bits per heavy atom. The maximum atomic E-state index is 11.8. The fourth-order valence-corrected chi connectivity index (χ4v) is 3.23. The van der Waals surface area contributed by atoms with Gasteiger partial charge in [0.15, 0.2) is 0 Å². The van der Waals surface area contributed by atoms with E-state index in [0.717, 1.165) is 34.5 Å². The molecular weight excluding hydrogens is 378 g/mol. The number of hydrogen-bond acceptors (Lipinski definition) is 5. The van der Waals surface area contributed by atoms with Crippen LogP contribution in [0.25, 0.3) is 11.1 Å². The number of nitrogens with one attached hydrogen (secondary N) is 2. The number of alkyl carbamates (subject to hydrolysis) is 1. The van der Waals surface area contributed by atoms with Crippen molar-refractivity contribution >= 4 is 6.09 Å². The van der Waals surface area contributed by atoms with Gasteiger partial charge in [-0.25, -0.2) is 4.79 Å². The lowest BCUT2D eigenvalue weighted by molar-refractivity contribution is 0.0527. The molecule has 0 fully saturated rings. The average Bonchev–Trinajstić information content (AvgIpc) is 3.14. The molecule has 0 radical (unpaired) electrons. The molecule has 30 heavy (non-hydrogen) atoms. The first-order valence-corrected chi connectivity index (χ1v) is 10.1. The maximum absolute atomic E-state index is 11.8. The number of aryl methyl sites for hydroxylation is 1. The van der Waals surface area contributed by atoms with E-state index in [-0.39, 0.29) is 6.04 Å². The van der Waals surface area contributed by atoms with Crippen molar-refractivity contribution in [3.63, 3.8) is 0 Å². The third-order valence-corrected chi connectivity index (χ3v) is 4.56. The van der Waals surface area contributed by atoms with E-state index in [4.69, 9.17) is 10.5 Å². The number of pyridine rings is 1. The highest BCUT2D eigenvalue weighted by Crippen LogP contribution is 2.32. The normalized spacial score (nSPS) is 12.4. The standard InChI is InChI=1S/C23H29N5O2/c1-23(2,3)30-22(29)26-13-7-10-18-19(16-11-14-25-15-12-16)21(28-27-18)20(24)17-8-5-4-6-9-17/h4-6,8-9,11-12,14-15,20H,7,10,13,24H2,1-3H3,(H,26,29)(H,27,28). The Kier molecular flexibility index (Phi) is 6.84. The topological polar surface area (TPSA) is 106 Å². The van der Waals surface area contributed by atoms with Gasteiger partial charge in [0, 0.05) is 30.2 Å². The Bertz CT molecular complexity index is 949. The van der Waals surface area contributed by atoms with E-state index in [1.807, 2.05) is 63.2 Å². The molecule has 158 valence electrons. The van der Waals surface area contributed by atoms with Crippen LogP contribution >= 0.6 is 0 Å². The summed E-state index contributed by atoms with van der Waals surface area (Å²) in [6.07, 6.45) is 4.55. The molecule has 1 aromatic carbocycles. The molecule has 0 saturated carbocycles. The predicted molar refractivity (Wildman–Crippen MR) is 117 cm³/mol. The van der Waals surface area contributed by atoms with Gasteiger partial charge in [0.2, 0.25) is 0 Å². The molecule has 0 spiro atoms. The Morgan fingerprint density at radius 2 is 1.87 bits per heavy atom. The molecule has 2 heterocycles. The molecule has 0 aliphatic heterocycles. The van der Waals surface area contributed by atoms with Gasteiger partial charge in [-0.2, -0.15) is 5.10 Å². The van der Waals surface area contributed by atoms with Crippen LogP contribution in [0.15, 0.2) is 54.9 Å². The number of aromatic amines is 1. The van der Waals surface area contributed by atoms with Crippen molar-refractivity contribution in [2.45, 2.75) is 45.3 Å². The van der Waals surface area contributed by atoms with Crippen LogP contribution < -0.4 is 11.1 Å². The van der Waals surface area contributed by atoms with Gasteiger partial charge in [0.1, 0.15) is 5.60 Å². The van der Waals surface area contributed by atoms with Crippen molar-refractivity contribution < 1.29 is 9.53 Å². The molecule has 3 rings (SSSR count). The second-order valence-corrected chi connectivity index (χ2v) is 8.12. The van der Waals surface area contributed by atoms with Crippen LogP contribution in [0.3, 0.4) is 0 Å². The van der Waals surface area contributed by atoms with Crippen molar-refractivity contribution in [3.05, 3.63) is 71.8 Å². The third-order valence-electron chi connectivity index (χ3n) is 4.56. The predicted octanol–water partition coefficient (Wildman–Crippen LogP) is 3.98. The summed E-state index contributed by atoms with van der Waals surface area (Å²) in [7, 11) is 0. The molecule has 0 bridgehead atoms. The number of carbonyl (C=O) groups excluding carboxylic acids is 1. The van der Waals surface area contributed by atoms with Crippen molar-refractivity contribution in [2.24, 2.45) is 5.73 Å². The van der Waals surface area contributed by atoms with E-state index in [9.17, 15) is 4.79 Å². The largest absolute Gasteiger partial charge is 0.444 e. The first kappa shape index (κ1) is 21.5. The van der Waals surface area contributed by atoms with Gasteiger partial charge in [-0.3, -0.25) is 10.1 Å². The van der Waals surface area contributed by atoms with E-state index in [1.165, 1.54) is 0 Å². The number of amides is 1. The Balaban J connectivity index is 1.75. The summed E-state index contributed by atoms with van der Waals surface area (Å²) >= 11 is 0. The minimum absolute atomic E-state index is 0.348. The summed E-state index contributed by atoms with van der Waals surface area (Å²) in [5, 5.41) is 10.5. The van der Waals surface area contributed by atoms with Gasteiger partial charge in [0.25, 0.3) is 0 Å². The van der Waals surface area contributed by atoms with E-state index >= 15 is 0 Å². The number of hydrogen-bond donors (Lipinski definition) is 3. The highest BCUT2D eigenvalue weighted by molar-refractivity contribution is 5.70. The fraction of sp³-hybridized carbons (Fsp3) is 0.348. The van der Waals surface area contributed by atoms with Crippen molar-refractivity contribution in [2.75, 3.05) is 6.54 Å². The van der Waals surface area contributed by atoms with E-state index in [1.54, 1.807) is 12.4 Å². The molecule has 0 saturated heterocycles. The highest BCUT2D eigenvalue weighted by atomic mass is 16.6. The van der Waals surface area contributed by atoms with Crippen molar-refractivity contribution in [3.8, 4) is 11.1 Å². The van der Waals surface area contributed by atoms with E-state index in [0.29, 0.717) is 13.0 Å². The van der Waals surface area contributed by atoms with E-state index in [2.05, 4.69) is 20.5 Å². The van der Waals surface area contributed by atoms with Crippen LogP contribution in [-0.2, 0) is 11.2 Å². The molecule has 7 heteroatoms. The maximum Gasteiger partial charge on any atom is 0.407 e. The lowest BCUT2D eigenvalue weighted by Gasteiger charge is -2.19. The lowest BCUT2D eigenvalue weighted by atomic mass is 9.95. The number of nitrogens with two attached hydrogens (primary N) is 1. The Morgan fingerprint density at radius 3 is 2.53 bits per heavy atom. The van der Waals surface area contributed by atoms with Gasteiger partial charge in [-0.1, -0.05) is 30.3 Å². The summed E-state index contributed by atoms with van der Waals surface area (Å²) in [6, 6.07) is 13.5. The Labute approximate surface area is 177 Å². The first-order chi connectivity index (χ1) is 14.3. The van der Waals surface area contributed by atoms with Gasteiger partial charge < -0.3 is 15.8 Å². The molecule has 3 aromatic rings. The SMILES string of the molecule is CC(C)(C)OC(=O)NCCCc1[nH]nc(C(N)c2ccccc2)c1-c1ccncc1. The molecule has 1 amide bonds. The van der Waals surface area contributed by atoms with Gasteiger partial charge in [-0.15, -0.1) is 0 Å². The van der Waals surface area contributed by atoms with Crippen LogP contribution in [0.1, 0.15) is 50.2 Å². The summed E-state index contributed by atoms with van der Waals surface area (Å²) in [6.45, 7) is 6.03. The molecule has 2 aromatic heterocycles. The van der Waals surface area contributed by atoms with Crippen LogP contribution in [0.4, 0.5) is 4.79 Å². The van der Waals surface area contributed by atoms with Crippen LogP contribution in [0.2, 0.25) is 0 Å². The molecule has 7 nitrogen and oxygen atoms in total. The lowest BCUT2D eigenvalue weighted by Crippen LogP contribution is -2.33. The highest BCUT2D eigenvalue weighted by Gasteiger charge is 2.21. The fourth-order valence-electron chi connectivity index (χ4n) is 3.23. The quantitative estimate of drug-likeness (QED) is 0.514. The zero-order chi connectivity index (χ0) is 21.6. The number of nitrogens with zero attached hydrogens (tertiary/aromatic N) is 2. The second kappa shape index (κ2) is 9.54. The number of H-pyrrole nitrogens is 1. The zero-order valence-corrected chi connectivity index (χ0v) is 17.7. The number of benzene rings is 1. The minimum Gasteiger partial charge on any atom is -0.444 e. The molecule has 1 atom stereocenters. The molecule has 0 aliphatic rings. The summed E-state index contributed by atoms with van der Waals surface area (Å²) < 4.78 is 5.27. The molecular formula is C23H29N5O2. The zero-order valence-electron chi connectivity index (χ0n) is 17.7. The monoisotopic (exact) mass is 407 g/mol. The average molecular weight is 408 g/mol. The first-order valence-electron chi connectivity index (χ1n) is 10.1. The summed E-state index contributed by atoms with van der Waals surface area (Å²) in [5.74, 6) is 0. The van der Waals surface area contributed by atoms with Crippen molar-refractivity contribution in [1.82, 2.24) is 20.5 Å². The molecule has 1 unspecified atom stereocenters. The van der Waals surface area contributed by atoms with Gasteiger partial charge >= 0.3 is 6.09 Å². The van der Waals surface area contributed by atoms with E-state index < -0.39 is 11.7 Å². The molecule has 4 N–H and O–H groups in total. The van der Waals surface area contributed by atoms with Gasteiger partial charge in [0.05, 0.1) is 11.7 Å². The smallest absolute Gasteiger partial charge is 0.407 e. The number of aromatic nitrogens is 3. The minimum atomic E-state index is -0.509. The number of carbonyl (C=O) groups is 1. The Hall–Kier alpha value is -3.19. The number of ether oxygens (including phenoxy) is 1. The summed E-state index contributed by atoms with van der Waals surface area (Å²) in [4.78, 5) is 16.0. The van der Waals surface area contributed by atoms with Gasteiger partial charge in [-0.05, 0) is 56.9 Å². The summed E-state index contributed by atoms with van der Waals surface area (Å²) in [5.41, 5.74) is 10.8. The van der Waals surface area contributed by atoms with Crippen LogP contribution in [0, 0.1) is 0 Å². The van der Waals surface area contributed by atoms with Crippen LogP contribution in [-0.4, -0.2) is 33.4 Å². The second-order valence-electron chi connectivity index (χ2n) is 8.12. The van der Waals surface area contributed by atoms with Crippen molar-refractivity contribution in [1.29, 1.82) is 0 Å². The van der Waals surface area contributed by atoms with Crippen LogP contribution in [0.5, 0.6) is 0 Å². The third kappa shape index (κ3) is 5.67.